The third-order valence-electron chi connectivity index (χ3n) is 1.37. The molecule has 14 heavy (non-hydrogen) atoms. The van der Waals surface area contributed by atoms with E-state index in [4.69, 9.17) is 4.74 Å². The Hall–Kier alpha value is -1.10. The Morgan fingerprint density at radius 2 is 2.07 bits per heavy atom. The summed E-state index contributed by atoms with van der Waals surface area (Å²) in [6.07, 6.45) is 1.15. The van der Waals surface area contributed by atoms with E-state index in [1.807, 2.05) is 0 Å². The van der Waals surface area contributed by atoms with Crippen molar-refractivity contribution >= 4 is 20.2 Å². The standard InChI is InChI=1S/C9H14O4.B/c1-4-5-8(7(2)10)13-9(11)6-12-3;/h4,8H,1,5-6H2,2-3H3;. The van der Waals surface area contributed by atoms with Crippen molar-refractivity contribution in [3.8, 4) is 0 Å². The zero-order valence-electron chi connectivity index (χ0n) is 8.49. The number of rotatable bonds is 6. The first-order valence-electron chi connectivity index (χ1n) is 3.91. The molecule has 0 aromatic carbocycles. The number of ketones is 1. The molecule has 0 aromatic rings. The molecule has 0 N–H and O–H groups in total. The minimum Gasteiger partial charge on any atom is -0.452 e. The summed E-state index contributed by atoms with van der Waals surface area (Å²) in [7, 11) is 1.39. The maximum absolute atomic E-state index is 10.9. The second kappa shape index (κ2) is 8.50. The first-order chi connectivity index (χ1) is 6.11. The van der Waals surface area contributed by atoms with Gasteiger partial charge in [0.25, 0.3) is 0 Å². The van der Waals surface area contributed by atoms with E-state index in [1.54, 1.807) is 0 Å². The monoisotopic (exact) mass is 197 g/mol. The van der Waals surface area contributed by atoms with Crippen LogP contribution in [0.25, 0.3) is 0 Å². The number of carbonyl (C=O) groups is 2. The minimum absolute atomic E-state index is 0. The average molecular weight is 197 g/mol. The van der Waals surface area contributed by atoms with Crippen LogP contribution in [-0.4, -0.2) is 40.0 Å². The Morgan fingerprint density at radius 1 is 1.50 bits per heavy atom. The van der Waals surface area contributed by atoms with Crippen molar-refractivity contribution in [2.75, 3.05) is 13.7 Å². The lowest BCUT2D eigenvalue weighted by Crippen LogP contribution is -2.26. The van der Waals surface area contributed by atoms with Crippen LogP contribution in [0.3, 0.4) is 0 Å². The molecule has 0 spiro atoms. The second-order valence-corrected chi connectivity index (χ2v) is 2.55. The first kappa shape index (κ1) is 15.4. The van der Waals surface area contributed by atoms with Crippen LogP contribution in [0, 0.1) is 0 Å². The minimum atomic E-state index is -0.722. The number of Topliss-reactive ketones (excluding diaryl/α,β-unsaturated/α-hetero) is 1. The average Bonchev–Trinajstić information content (AvgIpc) is 2.04. The maximum atomic E-state index is 10.9. The van der Waals surface area contributed by atoms with Gasteiger partial charge in [0.2, 0.25) is 0 Å². The fraction of sp³-hybridized carbons (Fsp3) is 0.556. The molecule has 0 saturated heterocycles. The number of hydrogen-bond donors (Lipinski definition) is 0. The van der Waals surface area contributed by atoms with Crippen LogP contribution >= 0.6 is 0 Å². The molecule has 77 valence electrons. The van der Waals surface area contributed by atoms with Gasteiger partial charge in [0.05, 0.1) is 0 Å². The molecule has 0 bridgehead atoms. The van der Waals surface area contributed by atoms with Gasteiger partial charge in [0, 0.05) is 21.9 Å². The Labute approximate surface area is 85.8 Å². The first-order valence-corrected chi connectivity index (χ1v) is 3.91. The third-order valence-corrected chi connectivity index (χ3v) is 1.37. The van der Waals surface area contributed by atoms with Gasteiger partial charge in [0.15, 0.2) is 11.9 Å². The highest BCUT2D eigenvalue weighted by atomic mass is 16.6. The molecule has 0 aliphatic rings. The summed E-state index contributed by atoms with van der Waals surface area (Å²) in [4.78, 5) is 21.8. The van der Waals surface area contributed by atoms with E-state index in [0.717, 1.165) is 0 Å². The van der Waals surface area contributed by atoms with Gasteiger partial charge in [-0.15, -0.1) is 6.58 Å². The zero-order chi connectivity index (χ0) is 10.3. The summed E-state index contributed by atoms with van der Waals surface area (Å²) in [5, 5.41) is 0. The summed E-state index contributed by atoms with van der Waals surface area (Å²) in [5.41, 5.74) is 0. The van der Waals surface area contributed by atoms with E-state index < -0.39 is 12.1 Å². The molecule has 0 saturated carbocycles. The quantitative estimate of drug-likeness (QED) is 0.349. The largest absolute Gasteiger partial charge is 0.452 e. The van der Waals surface area contributed by atoms with Crippen LogP contribution in [-0.2, 0) is 19.1 Å². The van der Waals surface area contributed by atoms with Gasteiger partial charge in [-0.25, -0.2) is 4.79 Å². The third kappa shape index (κ3) is 6.42. The summed E-state index contributed by atoms with van der Waals surface area (Å²) in [6, 6.07) is 0. The van der Waals surface area contributed by atoms with Crippen molar-refractivity contribution in [1.29, 1.82) is 0 Å². The van der Waals surface area contributed by atoms with E-state index in [2.05, 4.69) is 11.3 Å². The normalized spacial score (nSPS) is 11.0. The fourth-order valence-electron chi connectivity index (χ4n) is 0.759. The number of methoxy groups -OCH3 is 1. The van der Waals surface area contributed by atoms with Gasteiger partial charge in [-0.1, -0.05) is 6.08 Å². The lowest BCUT2D eigenvalue weighted by molar-refractivity contribution is -0.157. The smallest absolute Gasteiger partial charge is 0.332 e. The van der Waals surface area contributed by atoms with Crippen molar-refractivity contribution in [3.05, 3.63) is 12.7 Å². The van der Waals surface area contributed by atoms with Crippen molar-refractivity contribution in [2.45, 2.75) is 19.4 Å². The van der Waals surface area contributed by atoms with Crippen molar-refractivity contribution in [1.82, 2.24) is 0 Å². The highest BCUT2D eigenvalue weighted by Crippen LogP contribution is 2.01. The van der Waals surface area contributed by atoms with E-state index in [-0.39, 0.29) is 20.8 Å². The molecule has 4 nitrogen and oxygen atoms in total. The highest BCUT2D eigenvalue weighted by Gasteiger charge is 2.16. The van der Waals surface area contributed by atoms with E-state index >= 15 is 0 Å². The van der Waals surface area contributed by atoms with Crippen LogP contribution < -0.4 is 0 Å². The van der Waals surface area contributed by atoms with Crippen molar-refractivity contribution in [2.24, 2.45) is 0 Å². The van der Waals surface area contributed by atoms with Crippen LogP contribution in [0.5, 0.6) is 0 Å². The molecular weight excluding hydrogens is 183 g/mol. The number of esters is 1. The molecule has 0 aliphatic carbocycles. The summed E-state index contributed by atoms with van der Waals surface area (Å²) in [5.74, 6) is -0.728. The molecule has 0 aliphatic heterocycles. The van der Waals surface area contributed by atoms with E-state index in [0.29, 0.717) is 6.42 Å². The maximum Gasteiger partial charge on any atom is 0.332 e. The lowest BCUT2D eigenvalue weighted by atomic mass is 10.2. The van der Waals surface area contributed by atoms with Crippen molar-refractivity contribution in [3.63, 3.8) is 0 Å². The number of hydrogen-bond acceptors (Lipinski definition) is 4. The molecule has 0 amide bonds. The number of ether oxygens (including phenoxy) is 2. The molecule has 5 heteroatoms. The molecule has 1 atom stereocenters. The lowest BCUT2D eigenvalue weighted by Gasteiger charge is -2.12. The summed E-state index contributed by atoms with van der Waals surface area (Å²) in [6.45, 7) is 4.69. The topological polar surface area (TPSA) is 52.6 Å². The fourth-order valence-corrected chi connectivity index (χ4v) is 0.759. The van der Waals surface area contributed by atoms with Crippen LogP contribution in [0.4, 0.5) is 0 Å². The van der Waals surface area contributed by atoms with Crippen molar-refractivity contribution < 1.29 is 19.1 Å². The summed E-state index contributed by atoms with van der Waals surface area (Å²) < 4.78 is 9.36. The Morgan fingerprint density at radius 3 is 2.43 bits per heavy atom. The molecule has 0 aromatic heterocycles. The molecule has 0 rings (SSSR count). The summed E-state index contributed by atoms with van der Waals surface area (Å²) >= 11 is 0. The molecule has 1 unspecified atom stereocenters. The van der Waals surface area contributed by atoms with Gasteiger partial charge in [-0.05, 0) is 6.92 Å². The van der Waals surface area contributed by atoms with Gasteiger partial charge < -0.3 is 9.47 Å². The van der Waals surface area contributed by atoms with Crippen LogP contribution in [0.15, 0.2) is 12.7 Å². The Balaban J connectivity index is 0. The van der Waals surface area contributed by atoms with E-state index in [9.17, 15) is 9.59 Å². The SMILES string of the molecule is C=CCC(OC(=O)COC)C(C)=O.[B]. The highest BCUT2D eigenvalue weighted by molar-refractivity contribution is 5.83. The van der Waals surface area contributed by atoms with Gasteiger partial charge in [-0.3, -0.25) is 4.79 Å². The Kier molecular flexibility index (Phi) is 9.34. The van der Waals surface area contributed by atoms with E-state index in [1.165, 1.54) is 20.1 Å². The molecule has 0 fully saturated rings. The van der Waals surface area contributed by atoms with Gasteiger partial charge in [-0.2, -0.15) is 0 Å². The van der Waals surface area contributed by atoms with Crippen LogP contribution in [0.1, 0.15) is 13.3 Å². The predicted octanol–water partition coefficient (Wildman–Crippen LogP) is 0.329. The predicted molar refractivity (Wildman–Crippen MR) is 53.0 cm³/mol. The Bertz CT molecular complexity index is 203. The van der Waals surface area contributed by atoms with Gasteiger partial charge in [0.1, 0.15) is 6.61 Å². The molecular formula is C9H14BO4. The molecule has 3 radical (unpaired) electrons. The number of carbonyl (C=O) groups excluding carboxylic acids is 2. The van der Waals surface area contributed by atoms with Crippen LogP contribution in [0.2, 0.25) is 0 Å². The molecule has 0 heterocycles. The van der Waals surface area contributed by atoms with Gasteiger partial charge >= 0.3 is 5.97 Å². The second-order valence-electron chi connectivity index (χ2n) is 2.55. The zero-order valence-corrected chi connectivity index (χ0v) is 8.49.